The summed E-state index contributed by atoms with van der Waals surface area (Å²) in [5.74, 6) is 0.0137. The number of imidazole rings is 1. The third kappa shape index (κ3) is 4.29. The number of hydrogen-bond donors (Lipinski definition) is 2. The van der Waals surface area contributed by atoms with Gasteiger partial charge in [-0.2, -0.15) is 0 Å². The van der Waals surface area contributed by atoms with Crippen molar-refractivity contribution in [2.75, 3.05) is 6.54 Å². The van der Waals surface area contributed by atoms with Crippen molar-refractivity contribution in [1.82, 2.24) is 14.9 Å². The van der Waals surface area contributed by atoms with Crippen molar-refractivity contribution < 1.29 is 9.90 Å². The number of hydrogen-bond acceptors (Lipinski definition) is 3. The van der Waals surface area contributed by atoms with Gasteiger partial charge < -0.3 is 15.0 Å². The van der Waals surface area contributed by atoms with Crippen LogP contribution in [-0.2, 0) is 11.3 Å². The molecule has 2 rings (SSSR count). The molecule has 1 atom stereocenters. The summed E-state index contributed by atoms with van der Waals surface area (Å²) in [4.78, 5) is 16.0. The van der Waals surface area contributed by atoms with Crippen molar-refractivity contribution in [3.05, 3.63) is 30.6 Å². The highest BCUT2D eigenvalue weighted by atomic mass is 16.3. The summed E-state index contributed by atoms with van der Waals surface area (Å²) in [6, 6.07) is 8.00. The molecular weight excluding hydrogens is 266 g/mol. The lowest BCUT2D eigenvalue weighted by Gasteiger charge is -2.14. The first-order valence-corrected chi connectivity index (χ1v) is 7.42. The number of benzene rings is 1. The maximum Gasteiger partial charge on any atom is 0.222 e. The molecule has 1 aromatic carbocycles. The van der Waals surface area contributed by atoms with Crippen molar-refractivity contribution in [3.8, 4) is 0 Å². The van der Waals surface area contributed by atoms with Gasteiger partial charge in [-0.25, -0.2) is 4.98 Å². The Morgan fingerprint density at radius 3 is 2.90 bits per heavy atom. The Hall–Kier alpha value is -1.88. The lowest BCUT2D eigenvalue weighted by Crippen LogP contribution is -2.30. The van der Waals surface area contributed by atoms with E-state index in [1.165, 1.54) is 0 Å². The maximum atomic E-state index is 11.6. The molecule has 5 heteroatoms. The summed E-state index contributed by atoms with van der Waals surface area (Å²) in [6.07, 6.45) is 2.27. The lowest BCUT2D eigenvalue weighted by atomic mass is 10.0. The number of carbonyl (C=O) groups excluding carboxylic acids is 1. The normalized spacial score (nSPS) is 12.8. The van der Waals surface area contributed by atoms with Gasteiger partial charge in [-0.1, -0.05) is 26.0 Å². The Morgan fingerprint density at radius 2 is 2.14 bits per heavy atom. The zero-order chi connectivity index (χ0) is 15.2. The molecule has 1 heterocycles. The standard InChI is InChI=1S/C16H23N3O2/c1-12(2)15(20)10-16(21)17-8-5-9-19-11-18-13-6-3-4-7-14(13)19/h3-4,6-7,11-12,15,20H,5,8-10H2,1-2H3,(H,17,21). The van der Waals surface area contributed by atoms with Gasteiger partial charge in [0.1, 0.15) is 0 Å². The molecule has 0 radical (unpaired) electrons. The van der Waals surface area contributed by atoms with Crippen molar-refractivity contribution >= 4 is 16.9 Å². The van der Waals surface area contributed by atoms with E-state index in [4.69, 9.17) is 0 Å². The second-order valence-electron chi connectivity index (χ2n) is 5.65. The number of carbonyl (C=O) groups is 1. The molecule has 0 fully saturated rings. The molecule has 0 aliphatic carbocycles. The van der Waals surface area contributed by atoms with Crippen molar-refractivity contribution in [2.24, 2.45) is 5.92 Å². The molecule has 21 heavy (non-hydrogen) atoms. The molecule has 0 aliphatic heterocycles. The highest BCUT2D eigenvalue weighted by molar-refractivity contribution is 5.76. The number of nitrogens with one attached hydrogen (secondary N) is 1. The molecule has 1 amide bonds. The smallest absolute Gasteiger partial charge is 0.222 e. The topological polar surface area (TPSA) is 67.2 Å². The van der Waals surface area contributed by atoms with E-state index in [2.05, 4.69) is 14.9 Å². The van der Waals surface area contributed by atoms with E-state index in [9.17, 15) is 9.90 Å². The highest BCUT2D eigenvalue weighted by Gasteiger charge is 2.13. The van der Waals surface area contributed by atoms with E-state index in [1.54, 1.807) is 0 Å². The van der Waals surface area contributed by atoms with Crippen LogP contribution in [0.3, 0.4) is 0 Å². The summed E-state index contributed by atoms with van der Waals surface area (Å²) in [6.45, 7) is 5.23. The van der Waals surface area contributed by atoms with Crippen LogP contribution in [0.4, 0.5) is 0 Å². The number of rotatable bonds is 7. The van der Waals surface area contributed by atoms with Gasteiger partial charge in [-0.15, -0.1) is 0 Å². The minimum Gasteiger partial charge on any atom is -0.392 e. The van der Waals surface area contributed by atoms with Gasteiger partial charge in [0.05, 0.1) is 29.9 Å². The fraction of sp³-hybridized carbons (Fsp3) is 0.500. The number of aliphatic hydroxyl groups is 1. The van der Waals surface area contributed by atoms with Gasteiger partial charge in [-0.05, 0) is 24.5 Å². The van der Waals surface area contributed by atoms with E-state index < -0.39 is 6.10 Å². The second kappa shape index (κ2) is 7.22. The summed E-state index contributed by atoms with van der Waals surface area (Å²) in [5.41, 5.74) is 2.10. The average Bonchev–Trinajstić information content (AvgIpc) is 2.87. The van der Waals surface area contributed by atoms with Crippen LogP contribution in [0.5, 0.6) is 0 Å². The first kappa shape index (κ1) is 15.5. The van der Waals surface area contributed by atoms with Crippen LogP contribution in [-0.4, -0.2) is 33.2 Å². The zero-order valence-corrected chi connectivity index (χ0v) is 12.6. The zero-order valence-electron chi connectivity index (χ0n) is 12.6. The minimum atomic E-state index is -0.567. The number of aliphatic hydroxyl groups excluding tert-OH is 1. The first-order chi connectivity index (χ1) is 10.1. The van der Waals surface area contributed by atoms with Gasteiger partial charge >= 0.3 is 0 Å². The monoisotopic (exact) mass is 289 g/mol. The van der Waals surface area contributed by atoms with Crippen LogP contribution >= 0.6 is 0 Å². The maximum absolute atomic E-state index is 11.6. The predicted octanol–water partition coefficient (Wildman–Crippen LogP) is 1.95. The molecule has 0 spiro atoms. The molecular formula is C16H23N3O2. The number of aromatic nitrogens is 2. The van der Waals surface area contributed by atoms with Crippen LogP contribution in [0, 0.1) is 5.92 Å². The van der Waals surface area contributed by atoms with Crippen LogP contribution < -0.4 is 5.32 Å². The SMILES string of the molecule is CC(C)C(O)CC(=O)NCCCn1cnc2ccccc21. The number of nitrogens with zero attached hydrogens (tertiary/aromatic N) is 2. The Bertz CT molecular complexity index is 592. The van der Waals surface area contributed by atoms with E-state index in [0.717, 1.165) is 24.0 Å². The van der Waals surface area contributed by atoms with Crippen LogP contribution in [0.1, 0.15) is 26.7 Å². The van der Waals surface area contributed by atoms with Crippen LogP contribution in [0.25, 0.3) is 11.0 Å². The van der Waals surface area contributed by atoms with Gasteiger partial charge in [0.2, 0.25) is 5.91 Å². The Balaban J connectivity index is 1.74. The molecule has 0 aliphatic rings. The van der Waals surface area contributed by atoms with E-state index in [0.29, 0.717) is 6.54 Å². The van der Waals surface area contributed by atoms with Crippen molar-refractivity contribution in [1.29, 1.82) is 0 Å². The van der Waals surface area contributed by atoms with E-state index in [1.807, 2.05) is 44.4 Å². The van der Waals surface area contributed by atoms with E-state index in [-0.39, 0.29) is 18.2 Å². The predicted molar refractivity (Wildman–Crippen MR) is 82.8 cm³/mol. The fourth-order valence-electron chi connectivity index (χ4n) is 2.16. The number of amides is 1. The van der Waals surface area contributed by atoms with Crippen molar-refractivity contribution in [3.63, 3.8) is 0 Å². The molecule has 2 N–H and O–H groups in total. The molecule has 0 saturated heterocycles. The number of fused-ring (bicyclic) bond motifs is 1. The molecule has 1 unspecified atom stereocenters. The summed E-state index contributed by atoms with van der Waals surface area (Å²) in [5, 5.41) is 12.5. The lowest BCUT2D eigenvalue weighted by molar-refractivity contribution is -0.123. The summed E-state index contributed by atoms with van der Waals surface area (Å²) in [7, 11) is 0. The van der Waals surface area contributed by atoms with Gasteiger partial charge in [0, 0.05) is 13.1 Å². The summed E-state index contributed by atoms with van der Waals surface area (Å²) < 4.78 is 2.09. The van der Waals surface area contributed by atoms with Crippen LogP contribution in [0.2, 0.25) is 0 Å². The molecule has 114 valence electrons. The average molecular weight is 289 g/mol. The molecule has 0 bridgehead atoms. The molecule has 0 saturated carbocycles. The highest BCUT2D eigenvalue weighted by Crippen LogP contribution is 2.11. The number of para-hydroxylation sites is 2. The minimum absolute atomic E-state index is 0.0910. The Labute approximate surface area is 125 Å². The molecule has 5 nitrogen and oxygen atoms in total. The van der Waals surface area contributed by atoms with Crippen LogP contribution in [0.15, 0.2) is 30.6 Å². The summed E-state index contributed by atoms with van der Waals surface area (Å²) >= 11 is 0. The fourth-order valence-corrected chi connectivity index (χ4v) is 2.16. The quantitative estimate of drug-likeness (QED) is 0.766. The Kier molecular flexibility index (Phi) is 5.33. The largest absolute Gasteiger partial charge is 0.392 e. The van der Waals surface area contributed by atoms with E-state index >= 15 is 0 Å². The van der Waals surface area contributed by atoms with Gasteiger partial charge in [-0.3, -0.25) is 4.79 Å². The third-order valence-electron chi connectivity index (χ3n) is 3.59. The van der Waals surface area contributed by atoms with Crippen molar-refractivity contribution in [2.45, 2.75) is 39.3 Å². The van der Waals surface area contributed by atoms with Gasteiger partial charge in [0.15, 0.2) is 0 Å². The number of aryl methyl sites for hydroxylation is 1. The second-order valence-corrected chi connectivity index (χ2v) is 5.65. The molecule has 1 aromatic heterocycles. The first-order valence-electron chi connectivity index (χ1n) is 7.42. The molecule has 2 aromatic rings. The van der Waals surface area contributed by atoms with Gasteiger partial charge in [0.25, 0.3) is 0 Å². The Morgan fingerprint density at radius 1 is 1.38 bits per heavy atom. The third-order valence-corrected chi connectivity index (χ3v) is 3.59.